The molecule has 0 radical (unpaired) electrons. The Bertz CT molecular complexity index is 1240. The summed E-state index contributed by atoms with van der Waals surface area (Å²) in [6.07, 6.45) is 0.684. The van der Waals surface area contributed by atoms with Gasteiger partial charge in [0, 0.05) is 56.5 Å². The largest absolute Gasteiger partial charge is 0.450 e. The Labute approximate surface area is 204 Å². The van der Waals surface area contributed by atoms with E-state index in [2.05, 4.69) is 0 Å². The molecule has 1 saturated heterocycles. The van der Waals surface area contributed by atoms with Crippen LogP contribution in [0.4, 0.5) is 33.7 Å². The molecule has 0 aliphatic carbocycles. The van der Waals surface area contributed by atoms with Gasteiger partial charge >= 0.3 is 6.09 Å². The van der Waals surface area contributed by atoms with E-state index in [9.17, 15) is 36.0 Å². The molecule has 2 aromatic rings. The molecular formula is C21H22F4N4O6S. The number of hydrogen-bond donors (Lipinski definition) is 2. The number of aryl methyl sites for hydroxylation is 1. The number of hydrogen-bond acceptors (Lipinski definition) is 6. The minimum atomic E-state index is -3.52. The molecular weight excluding hydrogens is 512 g/mol. The highest BCUT2D eigenvalue weighted by Gasteiger charge is 2.42. The smallest absolute Gasteiger partial charge is 0.409 e. The van der Waals surface area contributed by atoms with Crippen molar-refractivity contribution in [2.75, 3.05) is 29.3 Å². The quantitative estimate of drug-likeness (QED) is 0.232. The van der Waals surface area contributed by atoms with Crippen molar-refractivity contribution in [3.8, 4) is 0 Å². The molecule has 1 fully saturated rings. The number of amides is 2. The van der Waals surface area contributed by atoms with Crippen molar-refractivity contribution in [2.24, 2.45) is 13.0 Å². The number of likely N-dealkylation sites (tertiary alicyclic amines) is 1. The lowest BCUT2D eigenvalue weighted by molar-refractivity contribution is -0.108. The van der Waals surface area contributed by atoms with Crippen LogP contribution in [-0.2, 0) is 27.5 Å². The summed E-state index contributed by atoms with van der Waals surface area (Å²) in [6, 6.07) is -0.0644. The van der Waals surface area contributed by atoms with Crippen LogP contribution in [0.25, 0.3) is 0 Å². The first kappa shape index (κ1) is 27.0. The summed E-state index contributed by atoms with van der Waals surface area (Å²) in [5.41, 5.74) is -1.73. The van der Waals surface area contributed by atoms with Crippen LogP contribution in [-0.4, -0.2) is 61.9 Å². The number of anilines is 2. The topological polar surface area (TPSA) is 118 Å². The zero-order valence-electron chi connectivity index (χ0n) is 19.0. The Kier molecular flexibility index (Phi) is 8.22. The molecule has 1 aromatic heterocycles. The lowest BCUT2D eigenvalue weighted by Gasteiger charge is -2.27. The van der Waals surface area contributed by atoms with Crippen LogP contribution in [0.2, 0.25) is 0 Å². The third-order valence-electron chi connectivity index (χ3n) is 5.63. The van der Waals surface area contributed by atoms with Crippen LogP contribution in [0.1, 0.15) is 23.8 Å². The summed E-state index contributed by atoms with van der Waals surface area (Å²) in [6.45, 7) is 1.41. The van der Waals surface area contributed by atoms with Crippen LogP contribution in [0.3, 0.4) is 0 Å². The van der Waals surface area contributed by atoms with E-state index in [1.165, 1.54) is 11.9 Å². The van der Waals surface area contributed by atoms with Gasteiger partial charge in [-0.2, -0.15) is 0 Å². The lowest BCUT2D eigenvalue weighted by Crippen LogP contribution is -2.41. The molecule has 10 nitrogen and oxygen atoms in total. The van der Waals surface area contributed by atoms with Crippen LogP contribution in [0.5, 0.6) is 0 Å². The van der Waals surface area contributed by atoms with Crippen molar-refractivity contribution >= 4 is 40.6 Å². The molecule has 2 heterocycles. The first-order valence-electron chi connectivity index (χ1n) is 10.6. The average Bonchev–Trinajstić information content (AvgIpc) is 3.33. The van der Waals surface area contributed by atoms with E-state index in [1.807, 2.05) is 5.32 Å². The number of aldehydes is 1. The molecule has 0 spiro atoms. The van der Waals surface area contributed by atoms with E-state index in [0.29, 0.717) is 22.7 Å². The molecule has 1 aliphatic rings. The summed E-state index contributed by atoms with van der Waals surface area (Å²) >= 11 is 0. The first-order valence-corrected chi connectivity index (χ1v) is 11.7. The van der Waals surface area contributed by atoms with Gasteiger partial charge in [0.1, 0.15) is 17.7 Å². The number of aromatic nitrogens is 1. The summed E-state index contributed by atoms with van der Waals surface area (Å²) in [5, 5.41) is 2.03. The number of carbonyl (C=O) groups is 3. The highest BCUT2D eigenvalue weighted by atomic mass is 32.2. The number of carbonyl (C=O) groups excluding carboxylic acids is 3. The van der Waals surface area contributed by atoms with Crippen LogP contribution in [0.15, 0.2) is 18.3 Å². The first-order chi connectivity index (χ1) is 17.0. The number of thiol groups is 1. The number of nitrogens with zero attached hydrogens (tertiary/aromatic N) is 3. The number of halogens is 4. The van der Waals surface area contributed by atoms with Crippen molar-refractivity contribution < 1.29 is 45.1 Å². The Morgan fingerprint density at radius 3 is 2.36 bits per heavy atom. The van der Waals surface area contributed by atoms with Gasteiger partial charge in [-0.1, -0.05) is 0 Å². The predicted molar refractivity (Wildman–Crippen MR) is 119 cm³/mol. The molecule has 1 N–H and O–H groups in total. The van der Waals surface area contributed by atoms with Gasteiger partial charge < -0.3 is 24.3 Å². The predicted octanol–water partition coefficient (Wildman–Crippen LogP) is 2.21. The zero-order chi connectivity index (χ0) is 26.7. The molecule has 2 unspecified atom stereocenters. The number of rotatable bonds is 8. The molecule has 2 amide bonds. The SMILES string of the molecule is CCOC(=O)N1CC(CC=O)C(N(c2cn(C)c(C(=O)Nc3cc(F)c(F)c(F)c3)c2F)[SH](=O)=O)C1. The van der Waals surface area contributed by atoms with Gasteiger partial charge in [0.05, 0.1) is 12.6 Å². The Hall–Kier alpha value is -3.62. The Balaban J connectivity index is 1.96. The van der Waals surface area contributed by atoms with Gasteiger partial charge in [0.15, 0.2) is 23.3 Å². The molecule has 196 valence electrons. The molecule has 15 heteroatoms. The minimum Gasteiger partial charge on any atom is -0.450 e. The lowest BCUT2D eigenvalue weighted by atomic mass is 10.0. The van der Waals surface area contributed by atoms with Gasteiger partial charge in [-0.25, -0.2) is 30.8 Å². The monoisotopic (exact) mass is 534 g/mol. The van der Waals surface area contributed by atoms with Crippen molar-refractivity contribution in [3.05, 3.63) is 47.3 Å². The highest BCUT2D eigenvalue weighted by molar-refractivity contribution is 7.74. The Morgan fingerprint density at radius 2 is 1.81 bits per heavy atom. The van der Waals surface area contributed by atoms with Crippen LogP contribution >= 0.6 is 0 Å². The molecule has 1 aliphatic heterocycles. The summed E-state index contributed by atoms with van der Waals surface area (Å²) < 4.78 is 86.6. The van der Waals surface area contributed by atoms with Crippen molar-refractivity contribution in [2.45, 2.75) is 19.4 Å². The van der Waals surface area contributed by atoms with E-state index >= 15 is 4.39 Å². The summed E-state index contributed by atoms with van der Waals surface area (Å²) in [7, 11) is -2.29. The fourth-order valence-electron chi connectivity index (χ4n) is 4.06. The van der Waals surface area contributed by atoms with Crippen molar-refractivity contribution in [1.82, 2.24) is 9.47 Å². The van der Waals surface area contributed by atoms with E-state index in [-0.39, 0.29) is 26.1 Å². The zero-order valence-corrected chi connectivity index (χ0v) is 19.9. The molecule has 2 atom stereocenters. The second-order valence-electron chi connectivity index (χ2n) is 7.91. The molecule has 0 bridgehead atoms. The maximum absolute atomic E-state index is 15.4. The maximum Gasteiger partial charge on any atom is 0.409 e. The minimum absolute atomic E-state index is 0.0224. The number of nitrogens with one attached hydrogen (secondary N) is 1. The normalized spacial score (nSPS) is 17.4. The third-order valence-corrected chi connectivity index (χ3v) is 6.49. The number of ether oxygens (including phenoxy) is 1. The fourth-order valence-corrected chi connectivity index (χ4v) is 4.88. The Morgan fingerprint density at radius 1 is 1.17 bits per heavy atom. The van der Waals surface area contributed by atoms with Crippen LogP contribution < -0.4 is 9.62 Å². The summed E-state index contributed by atoms with van der Waals surface area (Å²) in [5.74, 6) is -8.09. The van der Waals surface area contributed by atoms with E-state index in [0.717, 1.165) is 10.8 Å². The van der Waals surface area contributed by atoms with E-state index in [1.54, 1.807) is 6.92 Å². The molecule has 36 heavy (non-hydrogen) atoms. The van der Waals surface area contributed by atoms with Gasteiger partial charge in [-0.05, 0) is 6.92 Å². The van der Waals surface area contributed by atoms with Gasteiger partial charge in [-0.15, -0.1) is 0 Å². The van der Waals surface area contributed by atoms with E-state index < -0.39 is 75.2 Å². The maximum atomic E-state index is 15.4. The second kappa shape index (κ2) is 11.0. The average molecular weight is 534 g/mol. The molecule has 3 rings (SSSR count). The standard InChI is InChI=1S/C21H22F4N4O6S/c1-3-35-21(32)28-8-11(4-5-30)15(10-28)29(36(33)34)16-9-27(2)19(18(16)25)20(31)26-12-6-13(22)17(24)14(23)7-12/h5-7,9,11,15,36H,3-4,8,10H2,1-2H3,(H,26,31). The highest BCUT2D eigenvalue weighted by Crippen LogP contribution is 2.33. The van der Waals surface area contributed by atoms with Crippen molar-refractivity contribution in [3.63, 3.8) is 0 Å². The van der Waals surface area contributed by atoms with Crippen LogP contribution in [0, 0.1) is 29.2 Å². The second-order valence-corrected chi connectivity index (χ2v) is 8.82. The fraction of sp³-hybridized carbons (Fsp3) is 0.381. The molecule has 1 aromatic carbocycles. The van der Waals surface area contributed by atoms with Crippen molar-refractivity contribution in [1.29, 1.82) is 0 Å². The molecule has 0 saturated carbocycles. The van der Waals surface area contributed by atoms with Gasteiger partial charge in [-0.3, -0.25) is 9.10 Å². The van der Waals surface area contributed by atoms with Gasteiger partial charge in [0.2, 0.25) is 10.9 Å². The van der Waals surface area contributed by atoms with E-state index in [4.69, 9.17) is 4.74 Å². The van der Waals surface area contributed by atoms with Gasteiger partial charge in [0.25, 0.3) is 5.91 Å². The third kappa shape index (κ3) is 5.29. The summed E-state index contributed by atoms with van der Waals surface area (Å²) in [4.78, 5) is 37.2. The number of benzene rings is 1.